The summed E-state index contributed by atoms with van der Waals surface area (Å²) in [6, 6.07) is 8.75. The van der Waals surface area contributed by atoms with E-state index in [1.54, 1.807) is 31.4 Å². The molecule has 0 aliphatic heterocycles. The summed E-state index contributed by atoms with van der Waals surface area (Å²) in [5, 5.41) is 15.1. The van der Waals surface area contributed by atoms with Crippen molar-refractivity contribution < 1.29 is 9.21 Å². The summed E-state index contributed by atoms with van der Waals surface area (Å²) in [5.41, 5.74) is 0.409. The van der Waals surface area contributed by atoms with E-state index in [0.717, 1.165) is 5.76 Å². The van der Waals surface area contributed by atoms with Crippen LogP contribution in [0.2, 0.25) is 10.0 Å². The molecule has 0 radical (unpaired) electrons. The van der Waals surface area contributed by atoms with Crippen molar-refractivity contribution in [3.05, 3.63) is 52.4 Å². The lowest BCUT2D eigenvalue weighted by molar-refractivity contribution is -0.115. The van der Waals surface area contributed by atoms with Crippen LogP contribution in [-0.4, -0.2) is 21.4 Å². The van der Waals surface area contributed by atoms with E-state index >= 15 is 0 Å². The number of amides is 1. The first-order valence-corrected chi connectivity index (χ1v) is 9.99. The number of anilines is 2. The van der Waals surface area contributed by atoms with Crippen LogP contribution in [0.25, 0.3) is 0 Å². The second kappa shape index (κ2) is 8.77. The van der Waals surface area contributed by atoms with Crippen LogP contribution in [0, 0.1) is 0 Å². The van der Waals surface area contributed by atoms with Crippen LogP contribution in [0.4, 0.5) is 10.8 Å². The van der Waals surface area contributed by atoms with Gasteiger partial charge in [0, 0.05) is 0 Å². The predicted octanol–water partition coefficient (Wildman–Crippen LogP) is 5.17. The van der Waals surface area contributed by atoms with E-state index in [0.29, 0.717) is 31.7 Å². The first kappa shape index (κ1) is 19.0. The van der Waals surface area contributed by atoms with Crippen LogP contribution in [0.5, 0.6) is 0 Å². The van der Waals surface area contributed by atoms with Gasteiger partial charge in [0.15, 0.2) is 4.34 Å². The molecule has 26 heavy (non-hydrogen) atoms. The second-order valence-corrected chi connectivity index (χ2v) is 8.53. The van der Waals surface area contributed by atoms with Gasteiger partial charge in [0.1, 0.15) is 5.76 Å². The Morgan fingerprint density at radius 1 is 1.27 bits per heavy atom. The third-order valence-corrected chi connectivity index (χ3v) is 5.95. The average Bonchev–Trinajstić information content (AvgIpc) is 3.28. The molecule has 136 valence electrons. The lowest BCUT2D eigenvalue weighted by Crippen LogP contribution is -2.22. The molecule has 2 aromatic heterocycles. The molecular weight excluding hydrogens is 415 g/mol. The van der Waals surface area contributed by atoms with Crippen molar-refractivity contribution in [3.63, 3.8) is 0 Å². The fraction of sp³-hybridized carbons (Fsp3) is 0.188. The molecule has 3 aromatic rings. The normalized spacial score (nSPS) is 12.0. The summed E-state index contributed by atoms with van der Waals surface area (Å²) in [6.07, 6.45) is 1.62. The van der Waals surface area contributed by atoms with Crippen molar-refractivity contribution in [1.29, 1.82) is 0 Å². The first-order chi connectivity index (χ1) is 12.5. The number of carbonyl (C=O) groups is 1. The standard InChI is InChI=1S/C16H14Cl2N4O2S2/c1-9(14(23)20-13-11(17)5-2-6-12(13)18)25-16-22-21-15(26-16)19-8-10-4-3-7-24-10/h2-7,9H,8H2,1H3,(H,19,21)(H,20,23). The van der Waals surface area contributed by atoms with Crippen molar-refractivity contribution >= 4 is 63.0 Å². The monoisotopic (exact) mass is 428 g/mol. The Morgan fingerprint density at radius 3 is 2.73 bits per heavy atom. The van der Waals surface area contributed by atoms with Crippen molar-refractivity contribution in [1.82, 2.24) is 10.2 Å². The van der Waals surface area contributed by atoms with Crippen LogP contribution in [0.1, 0.15) is 12.7 Å². The van der Waals surface area contributed by atoms with Gasteiger partial charge in [-0.3, -0.25) is 4.79 Å². The van der Waals surface area contributed by atoms with Gasteiger partial charge in [0.05, 0.1) is 33.8 Å². The number of nitrogens with zero attached hydrogens (tertiary/aromatic N) is 2. The van der Waals surface area contributed by atoms with Crippen molar-refractivity contribution in [2.24, 2.45) is 0 Å². The Bertz CT molecular complexity index is 866. The maximum Gasteiger partial charge on any atom is 0.237 e. The minimum Gasteiger partial charge on any atom is -0.467 e. The summed E-state index contributed by atoms with van der Waals surface area (Å²) in [6.45, 7) is 2.30. The van der Waals surface area contributed by atoms with Gasteiger partial charge in [-0.1, -0.05) is 52.4 Å². The predicted molar refractivity (Wildman–Crippen MR) is 106 cm³/mol. The minimum absolute atomic E-state index is 0.217. The highest BCUT2D eigenvalue weighted by Crippen LogP contribution is 2.32. The first-order valence-electron chi connectivity index (χ1n) is 7.54. The van der Waals surface area contributed by atoms with Crippen LogP contribution < -0.4 is 10.6 Å². The van der Waals surface area contributed by atoms with Gasteiger partial charge < -0.3 is 15.1 Å². The highest BCUT2D eigenvalue weighted by molar-refractivity contribution is 8.02. The Kier molecular flexibility index (Phi) is 6.42. The molecule has 0 saturated carbocycles. The largest absolute Gasteiger partial charge is 0.467 e. The summed E-state index contributed by atoms with van der Waals surface area (Å²) in [7, 11) is 0. The molecule has 0 fully saturated rings. The van der Waals surface area contributed by atoms with E-state index in [1.807, 2.05) is 12.1 Å². The number of furan rings is 1. The number of para-hydroxylation sites is 1. The number of hydrogen-bond acceptors (Lipinski definition) is 7. The molecule has 10 heteroatoms. The van der Waals surface area contributed by atoms with Crippen LogP contribution in [0.3, 0.4) is 0 Å². The highest BCUT2D eigenvalue weighted by Gasteiger charge is 2.19. The van der Waals surface area contributed by atoms with Gasteiger partial charge in [-0.25, -0.2) is 0 Å². The lowest BCUT2D eigenvalue weighted by Gasteiger charge is -2.12. The summed E-state index contributed by atoms with van der Waals surface area (Å²) in [5.74, 6) is 0.587. The van der Waals surface area contributed by atoms with Gasteiger partial charge in [-0.2, -0.15) is 0 Å². The molecular formula is C16H14Cl2N4O2S2. The Morgan fingerprint density at radius 2 is 2.04 bits per heavy atom. The summed E-state index contributed by atoms with van der Waals surface area (Å²) in [4.78, 5) is 12.4. The molecule has 6 nitrogen and oxygen atoms in total. The number of aromatic nitrogens is 2. The SMILES string of the molecule is CC(Sc1nnc(NCc2ccco2)s1)C(=O)Nc1c(Cl)cccc1Cl. The molecule has 3 rings (SSSR count). The molecule has 1 aromatic carbocycles. The van der Waals surface area contributed by atoms with E-state index < -0.39 is 5.25 Å². The molecule has 0 bridgehead atoms. The Labute approximate surface area is 168 Å². The fourth-order valence-electron chi connectivity index (χ4n) is 1.95. The molecule has 1 amide bonds. The zero-order chi connectivity index (χ0) is 18.5. The highest BCUT2D eigenvalue weighted by atomic mass is 35.5. The van der Waals surface area contributed by atoms with E-state index in [4.69, 9.17) is 27.6 Å². The molecule has 2 heterocycles. The molecule has 0 aliphatic rings. The van der Waals surface area contributed by atoms with Gasteiger partial charge in [-0.15, -0.1) is 10.2 Å². The third-order valence-electron chi connectivity index (χ3n) is 3.26. The number of halogens is 2. The number of thioether (sulfide) groups is 1. The number of rotatable bonds is 7. The quantitative estimate of drug-likeness (QED) is 0.505. The van der Waals surface area contributed by atoms with Crippen LogP contribution in [0.15, 0.2) is 45.4 Å². The summed E-state index contributed by atoms with van der Waals surface area (Å²) < 4.78 is 5.93. The second-order valence-electron chi connectivity index (χ2n) is 5.15. The van der Waals surface area contributed by atoms with E-state index in [1.165, 1.54) is 23.1 Å². The maximum absolute atomic E-state index is 12.4. The molecule has 0 aliphatic carbocycles. The maximum atomic E-state index is 12.4. The van der Waals surface area contributed by atoms with E-state index in [-0.39, 0.29) is 5.91 Å². The fourth-order valence-corrected chi connectivity index (χ4v) is 4.34. The molecule has 2 N–H and O–H groups in total. The van der Waals surface area contributed by atoms with Crippen molar-refractivity contribution in [2.75, 3.05) is 10.6 Å². The molecule has 0 saturated heterocycles. The molecule has 1 atom stereocenters. The van der Waals surface area contributed by atoms with Crippen molar-refractivity contribution in [2.45, 2.75) is 23.1 Å². The lowest BCUT2D eigenvalue weighted by atomic mass is 10.3. The van der Waals surface area contributed by atoms with Gasteiger partial charge in [0.25, 0.3) is 0 Å². The van der Waals surface area contributed by atoms with Crippen LogP contribution in [-0.2, 0) is 11.3 Å². The minimum atomic E-state index is -0.395. The van der Waals surface area contributed by atoms with E-state index in [9.17, 15) is 4.79 Å². The molecule has 0 spiro atoms. The van der Waals surface area contributed by atoms with Gasteiger partial charge in [0.2, 0.25) is 11.0 Å². The van der Waals surface area contributed by atoms with Gasteiger partial charge >= 0.3 is 0 Å². The Balaban J connectivity index is 1.55. The smallest absolute Gasteiger partial charge is 0.237 e. The van der Waals surface area contributed by atoms with Crippen molar-refractivity contribution in [3.8, 4) is 0 Å². The zero-order valence-corrected chi connectivity index (χ0v) is 16.7. The summed E-state index contributed by atoms with van der Waals surface area (Å²) >= 11 is 14.8. The average molecular weight is 429 g/mol. The number of benzene rings is 1. The topological polar surface area (TPSA) is 80.1 Å². The Hall–Kier alpha value is -1.74. The zero-order valence-electron chi connectivity index (χ0n) is 13.5. The van der Waals surface area contributed by atoms with E-state index in [2.05, 4.69) is 20.8 Å². The number of carbonyl (C=O) groups excluding carboxylic acids is 1. The molecule has 1 unspecified atom stereocenters. The van der Waals surface area contributed by atoms with Crippen LogP contribution >= 0.6 is 46.3 Å². The third kappa shape index (κ3) is 4.91. The van der Waals surface area contributed by atoms with Gasteiger partial charge in [-0.05, 0) is 31.2 Å². The number of hydrogen-bond donors (Lipinski definition) is 2. The number of nitrogens with one attached hydrogen (secondary N) is 2.